The van der Waals surface area contributed by atoms with E-state index in [4.69, 9.17) is 23.2 Å². The molecule has 0 aliphatic heterocycles. The van der Waals surface area contributed by atoms with Crippen molar-refractivity contribution in [2.24, 2.45) is 0 Å². The molecule has 0 aliphatic carbocycles. The van der Waals surface area contributed by atoms with Crippen molar-refractivity contribution in [2.45, 2.75) is 31.2 Å². The van der Waals surface area contributed by atoms with Gasteiger partial charge in [-0.15, -0.1) is 5.10 Å². The van der Waals surface area contributed by atoms with Crippen molar-refractivity contribution in [3.63, 3.8) is 0 Å². The Hall–Kier alpha value is -2.15. The first-order valence-electron chi connectivity index (χ1n) is 8.95. The maximum Gasteiger partial charge on any atom is 0.253 e. The highest BCUT2D eigenvalue weighted by molar-refractivity contribution is 7.98. The van der Waals surface area contributed by atoms with Gasteiger partial charge in [0.15, 0.2) is 0 Å². The van der Waals surface area contributed by atoms with Crippen molar-refractivity contribution in [3.05, 3.63) is 86.4 Å². The second kappa shape index (κ2) is 8.30. The number of thioether (sulfide) groups is 1. The topological polar surface area (TPSA) is 43.1 Å². The van der Waals surface area contributed by atoms with Gasteiger partial charge in [0.05, 0.1) is 0 Å². The van der Waals surface area contributed by atoms with Crippen molar-refractivity contribution in [2.75, 3.05) is 0 Å². The predicted octanol–water partition coefficient (Wildman–Crippen LogP) is 6.07. The summed E-state index contributed by atoms with van der Waals surface area (Å²) in [6.45, 7) is 3.96. The van der Waals surface area contributed by atoms with Gasteiger partial charge in [0.25, 0.3) is 5.78 Å². The third-order valence-corrected chi connectivity index (χ3v) is 6.16. The third kappa shape index (κ3) is 4.25. The summed E-state index contributed by atoms with van der Waals surface area (Å²) in [6, 6.07) is 12.4. The summed E-state index contributed by atoms with van der Waals surface area (Å²) < 4.78 is 15.7. The van der Waals surface area contributed by atoms with E-state index in [0.717, 1.165) is 22.5 Å². The molecule has 0 saturated carbocycles. The van der Waals surface area contributed by atoms with Gasteiger partial charge in [-0.3, -0.25) is 0 Å². The van der Waals surface area contributed by atoms with Crippen LogP contribution in [0.15, 0.2) is 47.6 Å². The summed E-state index contributed by atoms with van der Waals surface area (Å²) >= 11 is 13.6. The van der Waals surface area contributed by atoms with Crippen LogP contribution in [0.3, 0.4) is 0 Å². The molecule has 4 nitrogen and oxygen atoms in total. The van der Waals surface area contributed by atoms with Crippen molar-refractivity contribution in [1.82, 2.24) is 19.6 Å². The molecule has 2 aromatic heterocycles. The Balaban J connectivity index is 1.63. The standard InChI is InChI=1S/C21H17Cl2FN4S/c1-12-16(10-14-5-3-6-15(22)9-14)13(2)28-20(25-12)26-21(27-28)29-11-17-18(23)7-4-8-19(17)24/h3-9H,10-11H2,1-2H3. The van der Waals surface area contributed by atoms with Crippen LogP contribution in [0.25, 0.3) is 5.78 Å². The molecule has 0 aliphatic rings. The predicted molar refractivity (Wildman–Crippen MR) is 115 cm³/mol. The van der Waals surface area contributed by atoms with Gasteiger partial charge in [-0.2, -0.15) is 4.98 Å². The van der Waals surface area contributed by atoms with Crippen LogP contribution < -0.4 is 0 Å². The van der Waals surface area contributed by atoms with Crippen LogP contribution >= 0.6 is 35.0 Å². The monoisotopic (exact) mass is 446 g/mol. The number of hydrogen-bond acceptors (Lipinski definition) is 4. The number of halogens is 3. The van der Waals surface area contributed by atoms with E-state index in [0.29, 0.717) is 38.7 Å². The Labute approximate surface area is 182 Å². The molecule has 0 bridgehead atoms. The molecule has 0 radical (unpaired) electrons. The molecule has 0 unspecified atom stereocenters. The molecule has 0 atom stereocenters. The lowest BCUT2D eigenvalue weighted by molar-refractivity contribution is 0.617. The zero-order valence-electron chi connectivity index (χ0n) is 15.8. The highest BCUT2D eigenvalue weighted by Gasteiger charge is 2.15. The average Bonchev–Trinajstić information content (AvgIpc) is 3.08. The lowest BCUT2D eigenvalue weighted by Gasteiger charge is -2.10. The molecule has 29 heavy (non-hydrogen) atoms. The van der Waals surface area contributed by atoms with Gasteiger partial charge in [-0.1, -0.05) is 53.2 Å². The van der Waals surface area contributed by atoms with Crippen LogP contribution in [0.5, 0.6) is 0 Å². The number of fused-ring (bicyclic) bond motifs is 1. The Morgan fingerprint density at radius 3 is 2.59 bits per heavy atom. The molecule has 4 aromatic rings. The second-order valence-corrected chi connectivity index (χ2v) is 8.45. The summed E-state index contributed by atoms with van der Waals surface area (Å²) in [4.78, 5) is 9.10. The smallest absolute Gasteiger partial charge is 0.216 e. The van der Waals surface area contributed by atoms with Crippen LogP contribution in [-0.4, -0.2) is 19.6 Å². The van der Waals surface area contributed by atoms with E-state index >= 15 is 0 Å². The Kier molecular flexibility index (Phi) is 5.76. The lowest BCUT2D eigenvalue weighted by atomic mass is 10.0. The van der Waals surface area contributed by atoms with Gasteiger partial charge < -0.3 is 0 Å². The van der Waals surface area contributed by atoms with Gasteiger partial charge in [0.2, 0.25) is 5.16 Å². The molecule has 2 heterocycles. The summed E-state index contributed by atoms with van der Waals surface area (Å²) in [7, 11) is 0. The molecule has 8 heteroatoms. The van der Waals surface area contributed by atoms with Crippen LogP contribution in [0.1, 0.15) is 28.1 Å². The van der Waals surface area contributed by atoms with Crippen LogP contribution in [0.2, 0.25) is 10.0 Å². The number of rotatable bonds is 5. The maximum atomic E-state index is 14.0. The van der Waals surface area contributed by atoms with Gasteiger partial charge in [-0.25, -0.2) is 13.9 Å². The van der Waals surface area contributed by atoms with Gasteiger partial charge >= 0.3 is 0 Å². The second-order valence-electron chi connectivity index (χ2n) is 6.66. The highest BCUT2D eigenvalue weighted by atomic mass is 35.5. The van der Waals surface area contributed by atoms with E-state index < -0.39 is 0 Å². The third-order valence-electron chi connectivity index (χ3n) is 4.71. The summed E-state index contributed by atoms with van der Waals surface area (Å²) in [5.41, 5.74) is 4.50. The lowest BCUT2D eigenvalue weighted by Crippen LogP contribution is -2.06. The van der Waals surface area contributed by atoms with Gasteiger partial charge in [-0.05, 0) is 49.2 Å². The van der Waals surface area contributed by atoms with E-state index in [2.05, 4.69) is 15.1 Å². The zero-order chi connectivity index (χ0) is 20.5. The molecular formula is C21H17Cl2FN4S. The largest absolute Gasteiger partial charge is 0.253 e. The molecule has 148 valence electrons. The molecule has 0 spiro atoms. The normalized spacial score (nSPS) is 11.3. The molecule has 0 saturated heterocycles. The SMILES string of the molecule is Cc1nc2nc(SCc3c(F)cccc3Cl)nn2c(C)c1Cc1cccc(Cl)c1. The maximum absolute atomic E-state index is 14.0. The first-order valence-corrected chi connectivity index (χ1v) is 10.7. The first-order chi connectivity index (χ1) is 13.9. The van der Waals surface area contributed by atoms with Gasteiger partial charge in [0.1, 0.15) is 5.82 Å². The van der Waals surface area contributed by atoms with E-state index in [1.165, 1.54) is 17.8 Å². The average molecular weight is 447 g/mol. The number of benzene rings is 2. The minimum Gasteiger partial charge on any atom is -0.216 e. The fourth-order valence-corrected chi connectivity index (χ4v) is 4.54. The minimum atomic E-state index is -0.331. The van der Waals surface area contributed by atoms with Crippen LogP contribution in [0.4, 0.5) is 4.39 Å². The quantitative estimate of drug-likeness (QED) is 0.349. The van der Waals surface area contributed by atoms with E-state index in [1.807, 2.05) is 38.1 Å². The molecule has 0 fully saturated rings. The van der Waals surface area contributed by atoms with E-state index in [-0.39, 0.29) is 5.82 Å². The van der Waals surface area contributed by atoms with Crippen molar-refractivity contribution in [3.8, 4) is 0 Å². The zero-order valence-corrected chi connectivity index (χ0v) is 18.1. The van der Waals surface area contributed by atoms with Crippen LogP contribution in [-0.2, 0) is 12.2 Å². The summed E-state index contributed by atoms with van der Waals surface area (Å²) in [6.07, 6.45) is 0.703. The summed E-state index contributed by atoms with van der Waals surface area (Å²) in [5, 5.41) is 6.19. The van der Waals surface area contributed by atoms with Crippen molar-refractivity contribution in [1.29, 1.82) is 0 Å². The first kappa shape index (κ1) is 20.1. The minimum absolute atomic E-state index is 0.331. The molecule has 4 rings (SSSR count). The van der Waals surface area contributed by atoms with Crippen molar-refractivity contribution >= 4 is 40.7 Å². The molecular weight excluding hydrogens is 430 g/mol. The Morgan fingerprint density at radius 1 is 1.03 bits per heavy atom. The highest BCUT2D eigenvalue weighted by Crippen LogP contribution is 2.28. The molecule has 2 aromatic carbocycles. The Bertz CT molecular complexity index is 1190. The van der Waals surface area contributed by atoms with E-state index in [9.17, 15) is 4.39 Å². The number of hydrogen-bond donors (Lipinski definition) is 0. The summed E-state index contributed by atoms with van der Waals surface area (Å²) in [5.74, 6) is 0.537. The molecule has 0 amide bonds. The fraction of sp³-hybridized carbons (Fsp3) is 0.190. The number of aryl methyl sites for hydroxylation is 2. The Morgan fingerprint density at radius 2 is 1.83 bits per heavy atom. The number of aromatic nitrogens is 4. The van der Waals surface area contributed by atoms with Crippen molar-refractivity contribution < 1.29 is 4.39 Å². The fourth-order valence-electron chi connectivity index (χ4n) is 3.16. The van der Waals surface area contributed by atoms with E-state index in [1.54, 1.807) is 16.6 Å². The van der Waals surface area contributed by atoms with Gasteiger partial charge in [0, 0.05) is 39.2 Å². The molecule has 0 N–H and O–H groups in total. The van der Waals surface area contributed by atoms with Crippen LogP contribution in [0, 0.1) is 19.7 Å². The number of nitrogens with zero attached hydrogens (tertiary/aromatic N) is 4.